The summed E-state index contributed by atoms with van der Waals surface area (Å²) in [5, 5.41) is 11.9. The lowest BCUT2D eigenvalue weighted by Crippen LogP contribution is -2.38. The maximum Gasteiger partial charge on any atom is 0.220 e. The highest BCUT2D eigenvalue weighted by molar-refractivity contribution is 5.75. The predicted molar refractivity (Wildman–Crippen MR) is 59.0 cm³/mol. The molecule has 1 aliphatic carbocycles. The van der Waals surface area contributed by atoms with Gasteiger partial charge in [0.25, 0.3) is 0 Å². The first kappa shape index (κ1) is 12.1. The van der Waals surface area contributed by atoms with Crippen LogP contribution in [0, 0.1) is 18.3 Å². The molecule has 1 rings (SSSR count). The maximum absolute atomic E-state index is 11.3. The van der Waals surface area contributed by atoms with Crippen LogP contribution < -0.4 is 5.32 Å². The molecular weight excluding hydrogens is 190 g/mol. The highest BCUT2D eigenvalue weighted by Crippen LogP contribution is 2.26. The summed E-state index contributed by atoms with van der Waals surface area (Å²) in [4.78, 5) is 11.3. The second-order valence-electron chi connectivity index (χ2n) is 4.21. The van der Waals surface area contributed by atoms with Crippen molar-refractivity contribution in [2.75, 3.05) is 6.54 Å². The number of hydrogen-bond acceptors (Lipinski definition) is 2. The van der Waals surface area contributed by atoms with Crippen LogP contribution in [0.1, 0.15) is 38.5 Å². The van der Waals surface area contributed by atoms with E-state index >= 15 is 0 Å². The van der Waals surface area contributed by atoms with Gasteiger partial charge in [-0.15, -0.1) is 12.3 Å². The van der Waals surface area contributed by atoms with Gasteiger partial charge in [-0.05, 0) is 31.6 Å². The van der Waals surface area contributed by atoms with Gasteiger partial charge in [0, 0.05) is 19.4 Å². The van der Waals surface area contributed by atoms with Crippen molar-refractivity contribution in [1.29, 1.82) is 0 Å². The van der Waals surface area contributed by atoms with Crippen LogP contribution in [0.2, 0.25) is 0 Å². The topological polar surface area (TPSA) is 49.3 Å². The van der Waals surface area contributed by atoms with E-state index in [2.05, 4.69) is 11.2 Å². The molecule has 0 aromatic rings. The maximum atomic E-state index is 11.3. The van der Waals surface area contributed by atoms with Crippen molar-refractivity contribution in [2.45, 2.75) is 44.6 Å². The summed E-state index contributed by atoms with van der Waals surface area (Å²) < 4.78 is 0. The second-order valence-corrected chi connectivity index (χ2v) is 4.21. The molecule has 2 N–H and O–H groups in total. The molecular formula is C12H19NO2. The monoisotopic (exact) mass is 209 g/mol. The van der Waals surface area contributed by atoms with Crippen molar-refractivity contribution < 1.29 is 9.90 Å². The molecule has 1 saturated carbocycles. The molecule has 0 radical (unpaired) electrons. The van der Waals surface area contributed by atoms with Crippen LogP contribution >= 0.6 is 0 Å². The van der Waals surface area contributed by atoms with E-state index in [0.29, 0.717) is 18.9 Å². The number of carbonyl (C=O) groups is 1. The molecule has 3 nitrogen and oxygen atoms in total. The van der Waals surface area contributed by atoms with E-state index in [4.69, 9.17) is 11.5 Å². The molecule has 15 heavy (non-hydrogen) atoms. The molecule has 84 valence electrons. The SMILES string of the molecule is C#CCCCCC(=O)NCC1CC(O)C1. The Kier molecular flexibility index (Phi) is 5.20. The summed E-state index contributed by atoms with van der Waals surface area (Å²) in [6.45, 7) is 0.713. The van der Waals surface area contributed by atoms with E-state index in [-0.39, 0.29) is 12.0 Å². The van der Waals surface area contributed by atoms with Gasteiger partial charge in [0.05, 0.1) is 6.10 Å². The van der Waals surface area contributed by atoms with Crippen molar-refractivity contribution >= 4 is 5.91 Å². The van der Waals surface area contributed by atoms with Gasteiger partial charge in [-0.2, -0.15) is 0 Å². The fourth-order valence-electron chi connectivity index (χ4n) is 1.73. The number of hydrogen-bond donors (Lipinski definition) is 2. The van der Waals surface area contributed by atoms with E-state index in [9.17, 15) is 4.79 Å². The Bertz CT molecular complexity index is 238. The molecule has 0 bridgehead atoms. The lowest BCUT2D eigenvalue weighted by molar-refractivity contribution is -0.121. The van der Waals surface area contributed by atoms with Gasteiger partial charge in [-0.1, -0.05) is 0 Å². The largest absolute Gasteiger partial charge is 0.393 e. The Morgan fingerprint density at radius 1 is 1.47 bits per heavy atom. The third-order valence-electron chi connectivity index (χ3n) is 2.77. The first-order chi connectivity index (χ1) is 7.22. The van der Waals surface area contributed by atoms with E-state index in [1.165, 1.54) is 0 Å². The van der Waals surface area contributed by atoms with Gasteiger partial charge >= 0.3 is 0 Å². The predicted octanol–water partition coefficient (Wildman–Crippen LogP) is 1.07. The van der Waals surface area contributed by atoms with Crippen LogP contribution in [-0.2, 0) is 4.79 Å². The highest BCUT2D eigenvalue weighted by atomic mass is 16.3. The summed E-state index contributed by atoms with van der Waals surface area (Å²) in [5.41, 5.74) is 0. The molecule has 0 aliphatic heterocycles. The molecule has 0 aromatic heterocycles. The van der Waals surface area contributed by atoms with Gasteiger partial charge in [-0.3, -0.25) is 4.79 Å². The van der Waals surface area contributed by atoms with Crippen molar-refractivity contribution in [3.05, 3.63) is 0 Å². The van der Waals surface area contributed by atoms with Gasteiger partial charge in [0.1, 0.15) is 0 Å². The summed E-state index contributed by atoms with van der Waals surface area (Å²) >= 11 is 0. The number of terminal acetylenes is 1. The lowest BCUT2D eigenvalue weighted by atomic mass is 9.82. The number of amides is 1. The second kappa shape index (κ2) is 6.47. The van der Waals surface area contributed by atoms with E-state index in [1.807, 2.05) is 0 Å². The quantitative estimate of drug-likeness (QED) is 0.508. The van der Waals surface area contributed by atoms with Crippen LogP contribution in [0.15, 0.2) is 0 Å². The molecule has 0 spiro atoms. The van der Waals surface area contributed by atoms with E-state index in [0.717, 1.165) is 32.1 Å². The summed E-state index contributed by atoms with van der Waals surface area (Å²) in [6.07, 6.45) is 9.74. The summed E-state index contributed by atoms with van der Waals surface area (Å²) in [6, 6.07) is 0. The van der Waals surface area contributed by atoms with Gasteiger partial charge in [0.15, 0.2) is 0 Å². The van der Waals surface area contributed by atoms with Crippen LogP contribution in [0.3, 0.4) is 0 Å². The molecule has 0 saturated heterocycles. The average molecular weight is 209 g/mol. The van der Waals surface area contributed by atoms with Crippen molar-refractivity contribution in [3.8, 4) is 12.3 Å². The third-order valence-corrected chi connectivity index (χ3v) is 2.77. The molecule has 1 amide bonds. The number of aliphatic hydroxyl groups excluding tert-OH is 1. The Hall–Kier alpha value is -1.01. The van der Waals surface area contributed by atoms with Crippen LogP contribution in [0.25, 0.3) is 0 Å². The number of carbonyl (C=O) groups excluding carboxylic acids is 1. The van der Waals surface area contributed by atoms with Gasteiger partial charge < -0.3 is 10.4 Å². The normalized spacial score (nSPS) is 24.0. The molecule has 1 fully saturated rings. The zero-order chi connectivity index (χ0) is 11.1. The third kappa shape index (κ3) is 4.85. The Labute approximate surface area is 91.3 Å². The first-order valence-electron chi connectivity index (χ1n) is 5.60. The lowest BCUT2D eigenvalue weighted by Gasteiger charge is -2.31. The van der Waals surface area contributed by atoms with Crippen molar-refractivity contribution in [1.82, 2.24) is 5.32 Å². The van der Waals surface area contributed by atoms with Crippen LogP contribution in [-0.4, -0.2) is 23.7 Å². The molecule has 3 heteroatoms. The van der Waals surface area contributed by atoms with E-state index < -0.39 is 0 Å². The minimum absolute atomic E-state index is 0.105. The average Bonchev–Trinajstić information content (AvgIpc) is 2.18. The summed E-state index contributed by atoms with van der Waals surface area (Å²) in [5.74, 6) is 3.14. The molecule has 1 aliphatic rings. The molecule has 0 heterocycles. The molecule has 0 aromatic carbocycles. The molecule has 0 unspecified atom stereocenters. The van der Waals surface area contributed by atoms with Crippen molar-refractivity contribution in [3.63, 3.8) is 0 Å². The Morgan fingerprint density at radius 2 is 2.20 bits per heavy atom. The molecule has 0 atom stereocenters. The Morgan fingerprint density at radius 3 is 2.80 bits per heavy atom. The standard InChI is InChI=1S/C12H19NO2/c1-2-3-4-5-6-12(15)13-9-10-7-11(14)8-10/h1,10-11,14H,3-9H2,(H,13,15). The highest BCUT2D eigenvalue weighted by Gasteiger charge is 2.26. The number of aliphatic hydroxyl groups is 1. The van der Waals surface area contributed by atoms with Gasteiger partial charge in [0.2, 0.25) is 5.91 Å². The van der Waals surface area contributed by atoms with Gasteiger partial charge in [-0.25, -0.2) is 0 Å². The van der Waals surface area contributed by atoms with Crippen LogP contribution in [0.4, 0.5) is 0 Å². The fourth-order valence-corrected chi connectivity index (χ4v) is 1.73. The minimum Gasteiger partial charge on any atom is -0.393 e. The number of unbranched alkanes of at least 4 members (excludes halogenated alkanes) is 2. The minimum atomic E-state index is -0.137. The Balaban J connectivity index is 1.92. The fraction of sp³-hybridized carbons (Fsp3) is 0.750. The number of rotatable bonds is 6. The van der Waals surface area contributed by atoms with Crippen LogP contribution in [0.5, 0.6) is 0 Å². The van der Waals surface area contributed by atoms with Crippen molar-refractivity contribution in [2.24, 2.45) is 5.92 Å². The smallest absolute Gasteiger partial charge is 0.220 e. The first-order valence-corrected chi connectivity index (χ1v) is 5.60. The van der Waals surface area contributed by atoms with E-state index in [1.54, 1.807) is 0 Å². The zero-order valence-corrected chi connectivity index (χ0v) is 9.04. The summed E-state index contributed by atoms with van der Waals surface area (Å²) in [7, 11) is 0. The zero-order valence-electron chi connectivity index (χ0n) is 9.04. The number of nitrogens with one attached hydrogen (secondary N) is 1.